The average Bonchev–Trinajstić information content (AvgIpc) is 2.46. The Balaban J connectivity index is 1.96. The van der Waals surface area contributed by atoms with Gasteiger partial charge in [-0.2, -0.15) is 5.26 Å². The minimum atomic E-state index is -0.383. The number of benzene rings is 2. The summed E-state index contributed by atoms with van der Waals surface area (Å²) in [7, 11) is 0. The predicted molar refractivity (Wildman–Crippen MR) is 86.8 cm³/mol. The molecule has 0 aromatic heterocycles. The fourth-order valence-corrected chi connectivity index (χ4v) is 2.30. The zero-order valence-corrected chi connectivity index (χ0v) is 13.3. The van der Waals surface area contributed by atoms with Gasteiger partial charge in [0.15, 0.2) is 6.61 Å². The van der Waals surface area contributed by atoms with Crippen molar-refractivity contribution in [3.8, 4) is 11.8 Å². The highest BCUT2D eigenvalue weighted by atomic mass is 35.5. The summed E-state index contributed by atoms with van der Waals surface area (Å²) >= 11 is 17.6. The van der Waals surface area contributed by atoms with Crippen molar-refractivity contribution in [1.29, 1.82) is 5.26 Å². The van der Waals surface area contributed by atoms with Gasteiger partial charge < -0.3 is 10.1 Å². The van der Waals surface area contributed by atoms with Crippen molar-refractivity contribution in [3.05, 3.63) is 57.0 Å². The van der Waals surface area contributed by atoms with E-state index < -0.39 is 0 Å². The first kappa shape index (κ1) is 16.4. The number of carbonyl (C=O) groups is 1. The van der Waals surface area contributed by atoms with E-state index in [4.69, 9.17) is 44.8 Å². The molecule has 2 aromatic rings. The van der Waals surface area contributed by atoms with Gasteiger partial charge >= 0.3 is 0 Å². The Morgan fingerprint density at radius 2 is 1.91 bits per heavy atom. The monoisotopic (exact) mass is 354 g/mol. The molecule has 0 unspecified atom stereocenters. The number of nitriles is 1. The lowest BCUT2D eigenvalue weighted by atomic mass is 10.2. The zero-order valence-electron chi connectivity index (χ0n) is 11.1. The molecule has 1 N–H and O–H groups in total. The van der Waals surface area contributed by atoms with E-state index in [0.717, 1.165) is 0 Å². The normalized spacial score (nSPS) is 9.91. The van der Waals surface area contributed by atoms with Crippen molar-refractivity contribution in [2.45, 2.75) is 0 Å². The highest BCUT2D eigenvalue weighted by Crippen LogP contribution is 2.27. The minimum absolute atomic E-state index is 0.223. The molecule has 22 heavy (non-hydrogen) atoms. The maximum Gasteiger partial charge on any atom is 0.262 e. The van der Waals surface area contributed by atoms with Crippen LogP contribution in [-0.4, -0.2) is 12.5 Å². The number of rotatable bonds is 4. The number of anilines is 1. The van der Waals surface area contributed by atoms with Crippen LogP contribution in [0.1, 0.15) is 5.56 Å². The Labute approximate surface area is 142 Å². The van der Waals surface area contributed by atoms with Crippen LogP contribution in [0.2, 0.25) is 15.1 Å². The second-order valence-corrected chi connectivity index (χ2v) is 5.47. The van der Waals surface area contributed by atoms with Crippen LogP contribution in [0.25, 0.3) is 0 Å². The quantitative estimate of drug-likeness (QED) is 0.876. The topological polar surface area (TPSA) is 62.1 Å². The van der Waals surface area contributed by atoms with Crippen molar-refractivity contribution >= 4 is 46.4 Å². The number of hydrogen-bond donors (Lipinski definition) is 1. The summed E-state index contributed by atoms with van der Waals surface area (Å²) in [6.07, 6.45) is 0. The van der Waals surface area contributed by atoms with Gasteiger partial charge in [-0.3, -0.25) is 4.79 Å². The van der Waals surface area contributed by atoms with E-state index in [1.54, 1.807) is 18.2 Å². The second kappa shape index (κ2) is 7.37. The molecule has 0 bridgehead atoms. The van der Waals surface area contributed by atoms with Gasteiger partial charge in [-0.25, -0.2) is 0 Å². The van der Waals surface area contributed by atoms with E-state index in [0.29, 0.717) is 27.0 Å². The molecule has 0 radical (unpaired) electrons. The fraction of sp³-hybridized carbons (Fsp3) is 0.0667. The number of nitrogens with zero attached hydrogens (tertiary/aromatic N) is 1. The van der Waals surface area contributed by atoms with Crippen molar-refractivity contribution in [2.24, 2.45) is 0 Å². The molecule has 2 rings (SSSR count). The maximum absolute atomic E-state index is 11.8. The van der Waals surface area contributed by atoms with Crippen LogP contribution in [0, 0.1) is 11.3 Å². The summed E-state index contributed by atoms with van der Waals surface area (Å²) in [5, 5.41) is 12.5. The third-order valence-electron chi connectivity index (χ3n) is 2.63. The molecule has 0 heterocycles. The van der Waals surface area contributed by atoms with Gasteiger partial charge in [0.05, 0.1) is 15.6 Å². The molecule has 112 valence electrons. The summed E-state index contributed by atoms with van der Waals surface area (Å²) < 4.78 is 5.31. The SMILES string of the molecule is N#Cc1ccc(NC(=O)COc2ccc(Cl)cc2Cl)cc1Cl. The molecular formula is C15H9Cl3N2O2. The number of nitrogens with one attached hydrogen (secondary N) is 1. The molecule has 0 atom stereocenters. The molecule has 0 saturated carbocycles. The smallest absolute Gasteiger partial charge is 0.262 e. The second-order valence-electron chi connectivity index (χ2n) is 4.22. The van der Waals surface area contributed by atoms with E-state index in [2.05, 4.69) is 5.32 Å². The van der Waals surface area contributed by atoms with Crippen molar-refractivity contribution in [1.82, 2.24) is 0 Å². The summed E-state index contributed by atoms with van der Waals surface area (Å²) in [5.74, 6) is -0.0223. The Kier molecular flexibility index (Phi) is 5.51. The molecule has 0 aliphatic rings. The van der Waals surface area contributed by atoms with Gasteiger partial charge in [-0.1, -0.05) is 34.8 Å². The lowest BCUT2D eigenvalue weighted by Gasteiger charge is -2.09. The number of halogens is 3. The number of hydrogen-bond acceptors (Lipinski definition) is 3. The molecular weight excluding hydrogens is 347 g/mol. The van der Waals surface area contributed by atoms with E-state index >= 15 is 0 Å². The van der Waals surface area contributed by atoms with Gasteiger partial charge in [-0.05, 0) is 36.4 Å². The predicted octanol–water partition coefficient (Wildman–Crippen LogP) is 4.54. The molecule has 0 spiro atoms. The van der Waals surface area contributed by atoms with Crippen molar-refractivity contribution < 1.29 is 9.53 Å². The Morgan fingerprint density at radius 3 is 2.55 bits per heavy atom. The lowest BCUT2D eigenvalue weighted by Crippen LogP contribution is -2.20. The van der Waals surface area contributed by atoms with Crippen LogP contribution in [0.5, 0.6) is 5.75 Å². The van der Waals surface area contributed by atoms with Gasteiger partial charge in [0.1, 0.15) is 11.8 Å². The number of carbonyl (C=O) groups excluding carboxylic acids is 1. The fourth-order valence-electron chi connectivity index (χ4n) is 1.62. The average molecular weight is 356 g/mol. The first-order chi connectivity index (χ1) is 10.5. The van der Waals surface area contributed by atoms with Crippen LogP contribution in [0.3, 0.4) is 0 Å². The summed E-state index contributed by atoms with van der Waals surface area (Å²) in [6, 6.07) is 11.3. The Morgan fingerprint density at radius 1 is 1.14 bits per heavy atom. The van der Waals surface area contributed by atoms with Crippen molar-refractivity contribution in [2.75, 3.05) is 11.9 Å². The highest BCUT2D eigenvalue weighted by molar-refractivity contribution is 6.35. The summed E-state index contributed by atoms with van der Waals surface area (Å²) in [6.45, 7) is -0.223. The third-order valence-corrected chi connectivity index (χ3v) is 3.47. The summed E-state index contributed by atoms with van der Waals surface area (Å²) in [4.78, 5) is 11.8. The van der Waals surface area contributed by atoms with Crippen LogP contribution in [0.4, 0.5) is 5.69 Å². The zero-order chi connectivity index (χ0) is 16.1. The van der Waals surface area contributed by atoms with Gasteiger partial charge in [0.25, 0.3) is 5.91 Å². The number of amides is 1. The van der Waals surface area contributed by atoms with Crippen LogP contribution in [0.15, 0.2) is 36.4 Å². The van der Waals surface area contributed by atoms with Gasteiger partial charge in [0.2, 0.25) is 0 Å². The number of ether oxygens (including phenoxy) is 1. The van der Waals surface area contributed by atoms with E-state index in [9.17, 15) is 4.79 Å². The van der Waals surface area contributed by atoms with E-state index in [1.807, 2.05) is 6.07 Å². The minimum Gasteiger partial charge on any atom is -0.482 e. The van der Waals surface area contributed by atoms with E-state index in [1.165, 1.54) is 18.2 Å². The maximum atomic E-state index is 11.8. The van der Waals surface area contributed by atoms with E-state index in [-0.39, 0.29) is 17.5 Å². The Hall–Kier alpha value is -1.93. The highest BCUT2D eigenvalue weighted by Gasteiger charge is 2.08. The summed E-state index contributed by atoms with van der Waals surface area (Å²) in [5.41, 5.74) is 0.809. The first-order valence-electron chi connectivity index (χ1n) is 6.07. The van der Waals surface area contributed by atoms with Gasteiger partial charge in [0, 0.05) is 10.7 Å². The van der Waals surface area contributed by atoms with Crippen LogP contribution < -0.4 is 10.1 Å². The molecule has 4 nitrogen and oxygen atoms in total. The van der Waals surface area contributed by atoms with Crippen molar-refractivity contribution in [3.63, 3.8) is 0 Å². The van der Waals surface area contributed by atoms with Crippen LogP contribution >= 0.6 is 34.8 Å². The lowest BCUT2D eigenvalue weighted by molar-refractivity contribution is -0.118. The third kappa shape index (κ3) is 4.28. The Bertz CT molecular complexity index is 757. The molecule has 0 aliphatic carbocycles. The molecule has 2 aromatic carbocycles. The first-order valence-corrected chi connectivity index (χ1v) is 7.20. The molecule has 1 amide bonds. The molecule has 0 fully saturated rings. The standard InChI is InChI=1S/C15H9Cl3N2O2/c16-10-2-4-14(13(18)5-10)22-8-15(21)20-11-3-1-9(7-19)12(17)6-11/h1-6H,8H2,(H,20,21). The van der Waals surface area contributed by atoms with Crippen LogP contribution in [-0.2, 0) is 4.79 Å². The van der Waals surface area contributed by atoms with Gasteiger partial charge in [-0.15, -0.1) is 0 Å². The molecule has 0 aliphatic heterocycles. The molecule has 0 saturated heterocycles. The molecule has 7 heteroatoms. The largest absolute Gasteiger partial charge is 0.482 e.